The highest BCUT2D eigenvalue weighted by molar-refractivity contribution is 7.89. The molecule has 8 nitrogen and oxygen atoms in total. The van der Waals surface area contributed by atoms with Gasteiger partial charge in [-0.1, -0.05) is 42.5 Å². The number of hydrogen-bond acceptors (Lipinski definition) is 6. The molecule has 31 heavy (non-hydrogen) atoms. The van der Waals surface area contributed by atoms with E-state index in [4.69, 9.17) is 0 Å². The van der Waals surface area contributed by atoms with Crippen LogP contribution in [0.2, 0.25) is 0 Å². The predicted octanol–water partition coefficient (Wildman–Crippen LogP) is 3.03. The summed E-state index contributed by atoms with van der Waals surface area (Å²) in [4.78, 5) is 8.59. The first-order valence-corrected chi connectivity index (χ1v) is 11.2. The first-order chi connectivity index (χ1) is 15.0. The van der Waals surface area contributed by atoms with Crippen LogP contribution in [-0.4, -0.2) is 41.3 Å². The van der Waals surface area contributed by atoms with E-state index >= 15 is 0 Å². The minimum absolute atomic E-state index is 0.211. The van der Waals surface area contributed by atoms with Crippen LogP contribution < -0.4 is 10.0 Å². The minimum atomic E-state index is -3.60. The van der Waals surface area contributed by atoms with E-state index in [0.717, 1.165) is 16.8 Å². The van der Waals surface area contributed by atoms with Gasteiger partial charge in [-0.25, -0.2) is 27.8 Å². The Balaban J connectivity index is 1.33. The Morgan fingerprint density at radius 3 is 2.35 bits per heavy atom. The molecule has 0 amide bonds. The lowest BCUT2D eigenvalue weighted by Gasteiger charge is -2.10. The zero-order valence-corrected chi connectivity index (χ0v) is 17.7. The molecule has 158 valence electrons. The third-order valence-electron chi connectivity index (χ3n) is 4.60. The van der Waals surface area contributed by atoms with Gasteiger partial charge in [0.2, 0.25) is 10.0 Å². The van der Waals surface area contributed by atoms with E-state index in [1.54, 1.807) is 22.9 Å². The number of aryl methyl sites for hydroxylation is 1. The van der Waals surface area contributed by atoms with Crippen molar-refractivity contribution in [3.8, 4) is 16.9 Å². The van der Waals surface area contributed by atoms with Crippen LogP contribution in [0.4, 0.5) is 5.82 Å². The van der Waals surface area contributed by atoms with E-state index in [1.165, 1.54) is 6.33 Å². The Kier molecular flexibility index (Phi) is 6.06. The molecule has 0 atom stereocenters. The zero-order valence-electron chi connectivity index (χ0n) is 16.9. The molecule has 0 aliphatic heterocycles. The molecule has 0 aliphatic rings. The Labute approximate surface area is 181 Å². The average Bonchev–Trinajstić information content (AvgIpc) is 3.24. The van der Waals surface area contributed by atoms with E-state index in [9.17, 15) is 8.42 Å². The number of aromatic nitrogens is 4. The largest absolute Gasteiger partial charge is 0.369 e. The van der Waals surface area contributed by atoms with E-state index in [1.807, 2.05) is 61.7 Å². The molecule has 0 fully saturated rings. The van der Waals surface area contributed by atoms with Gasteiger partial charge in [0, 0.05) is 25.4 Å². The number of benzene rings is 2. The fourth-order valence-corrected chi connectivity index (χ4v) is 4.06. The second kappa shape index (κ2) is 9.07. The summed E-state index contributed by atoms with van der Waals surface area (Å²) in [6, 6.07) is 20.3. The molecule has 0 saturated carbocycles. The van der Waals surface area contributed by atoms with Gasteiger partial charge in [-0.2, -0.15) is 5.10 Å². The van der Waals surface area contributed by atoms with Gasteiger partial charge in [-0.3, -0.25) is 0 Å². The Morgan fingerprint density at radius 2 is 1.65 bits per heavy atom. The Bertz CT molecular complexity index is 1250. The van der Waals surface area contributed by atoms with E-state index in [0.29, 0.717) is 18.2 Å². The van der Waals surface area contributed by atoms with Crippen LogP contribution >= 0.6 is 0 Å². The van der Waals surface area contributed by atoms with Crippen molar-refractivity contribution in [3.63, 3.8) is 0 Å². The highest BCUT2D eigenvalue weighted by Gasteiger charge is 2.13. The molecule has 2 N–H and O–H groups in total. The van der Waals surface area contributed by atoms with Crippen molar-refractivity contribution >= 4 is 15.8 Å². The van der Waals surface area contributed by atoms with Gasteiger partial charge in [0.1, 0.15) is 12.1 Å². The Hall–Kier alpha value is -3.56. The maximum Gasteiger partial charge on any atom is 0.240 e. The number of sulfonamides is 1. The molecule has 4 aromatic rings. The molecule has 0 radical (unpaired) electrons. The van der Waals surface area contributed by atoms with Crippen LogP contribution in [0.15, 0.2) is 84.1 Å². The fraction of sp³-hybridized carbons (Fsp3) is 0.136. The van der Waals surface area contributed by atoms with Crippen LogP contribution in [0.1, 0.15) is 5.69 Å². The van der Waals surface area contributed by atoms with Crippen molar-refractivity contribution in [3.05, 3.63) is 84.9 Å². The van der Waals surface area contributed by atoms with E-state index in [-0.39, 0.29) is 11.4 Å². The summed E-state index contributed by atoms with van der Waals surface area (Å²) in [5.41, 5.74) is 2.89. The van der Waals surface area contributed by atoms with Crippen molar-refractivity contribution < 1.29 is 8.42 Å². The summed E-state index contributed by atoms with van der Waals surface area (Å²) in [5, 5.41) is 7.41. The Morgan fingerprint density at radius 1 is 0.903 bits per heavy atom. The number of nitrogens with zero attached hydrogens (tertiary/aromatic N) is 4. The van der Waals surface area contributed by atoms with Crippen molar-refractivity contribution in [2.45, 2.75) is 11.8 Å². The third-order valence-corrected chi connectivity index (χ3v) is 6.08. The molecule has 0 unspecified atom stereocenters. The molecule has 0 saturated heterocycles. The average molecular weight is 435 g/mol. The van der Waals surface area contributed by atoms with Gasteiger partial charge in [-0.05, 0) is 36.2 Å². The third kappa shape index (κ3) is 5.14. The summed E-state index contributed by atoms with van der Waals surface area (Å²) in [5.74, 6) is 1.22. The first-order valence-electron chi connectivity index (χ1n) is 9.75. The van der Waals surface area contributed by atoms with Gasteiger partial charge in [0.15, 0.2) is 5.82 Å². The lowest BCUT2D eigenvalue weighted by molar-refractivity contribution is 0.583. The normalized spacial score (nSPS) is 11.4. The van der Waals surface area contributed by atoms with E-state index in [2.05, 4.69) is 25.1 Å². The molecule has 2 aromatic heterocycles. The maximum atomic E-state index is 12.6. The second-order valence-electron chi connectivity index (χ2n) is 6.88. The van der Waals surface area contributed by atoms with Gasteiger partial charge >= 0.3 is 0 Å². The molecular weight excluding hydrogens is 412 g/mol. The SMILES string of the molecule is Cc1ccn(-c2cc(NCCNS(=O)(=O)c3ccc(-c4ccccc4)cc3)ncn2)n1. The van der Waals surface area contributed by atoms with Crippen molar-refractivity contribution in [1.82, 2.24) is 24.5 Å². The topological polar surface area (TPSA) is 102 Å². The van der Waals surface area contributed by atoms with Crippen molar-refractivity contribution in [1.29, 1.82) is 0 Å². The number of rotatable bonds is 8. The maximum absolute atomic E-state index is 12.6. The fourth-order valence-electron chi connectivity index (χ4n) is 3.03. The molecule has 2 heterocycles. The van der Waals surface area contributed by atoms with Crippen LogP contribution in [0.5, 0.6) is 0 Å². The van der Waals surface area contributed by atoms with Crippen LogP contribution in [-0.2, 0) is 10.0 Å². The lowest BCUT2D eigenvalue weighted by Crippen LogP contribution is -2.29. The lowest BCUT2D eigenvalue weighted by atomic mass is 10.1. The first kappa shape index (κ1) is 20.7. The molecule has 4 rings (SSSR count). The van der Waals surface area contributed by atoms with Gasteiger partial charge < -0.3 is 5.32 Å². The minimum Gasteiger partial charge on any atom is -0.369 e. The van der Waals surface area contributed by atoms with Crippen LogP contribution in [0.3, 0.4) is 0 Å². The summed E-state index contributed by atoms with van der Waals surface area (Å²) in [7, 11) is -3.60. The smallest absolute Gasteiger partial charge is 0.240 e. The highest BCUT2D eigenvalue weighted by atomic mass is 32.2. The van der Waals surface area contributed by atoms with Gasteiger partial charge in [-0.15, -0.1) is 0 Å². The summed E-state index contributed by atoms with van der Waals surface area (Å²) in [6.45, 7) is 2.48. The highest BCUT2D eigenvalue weighted by Crippen LogP contribution is 2.20. The molecule has 0 spiro atoms. The summed E-state index contributed by atoms with van der Waals surface area (Å²) >= 11 is 0. The standard InChI is InChI=1S/C22H22N6O2S/c1-17-11-14-28(27-17)22-15-21(24-16-25-22)23-12-13-26-31(29,30)20-9-7-19(8-10-20)18-5-3-2-4-6-18/h2-11,14-16,26H,12-13H2,1H3,(H,23,24,25). The molecule has 0 bridgehead atoms. The van der Waals surface area contributed by atoms with Crippen molar-refractivity contribution in [2.24, 2.45) is 0 Å². The monoisotopic (exact) mass is 434 g/mol. The van der Waals surface area contributed by atoms with Gasteiger partial charge in [0.05, 0.1) is 10.6 Å². The molecular formula is C22H22N6O2S. The number of anilines is 1. The molecule has 0 aliphatic carbocycles. The molecule has 2 aromatic carbocycles. The second-order valence-corrected chi connectivity index (χ2v) is 8.65. The zero-order chi connectivity index (χ0) is 21.7. The summed E-state index contributed by atoms with van der Waals surface area (Å²) < 4.78 is 29.4. The quantitative estimate of drug-likeness (QED) is 0.413. The summed E-state index contributed by atoms with van der Waals surface area (Å²) in [6.07, 6.45) is 3.26. The number of hydrogen-bond donors (Lipinski definition) is 2. The van der Waals surface area contributed by atoms with Crippen LogP contribution in [0, 0.1) is 6.92 Å². The predicted molar refractivity (Wildman–Crippen MR) is 119 cm³/mol. The number of nitrogens with one attached hydrogen (secondary N) is 2. The molecule has 9 heteroatoms. The van der Waals surface area contributed by atoms with Crippen molar-refractivity contribution in [2.75, 3.05) is 18.4 Å². The van der Waals surface area contributed by atoms with E-state index < -0.39 is 10.0 Å². The van der Waals surface area contributed by atoms with Crippen LogP contribution in [0.25, 0.3) is 16.9 Å². The van der Waals surface area contributed by atoms with Gasteiger partial charge in [0.25, 0.3) is 0 Å².